The molecule has 0 bridgehead atoms. The van der Waals surface area contributed by atoms with Gasteiger partial charge in [-0.05, 0) is 6.92 Å². The maximum atomic E-state index is 8.54. The fourth-order valence-corrected chi connectivity index (χ4v) is 0.403. The van der Waals surface area contributed by atoms with Gasteiger partial charge in [0.05, 0.1) is 0 Å². The zero-order valence-corrected chi connectivity index (χ0v) is 5.28. The van der Waals surface area contributed by atoms with E-state index in [-0.39, 0.29) is 0 Å². The van der Waals surface area contributed by atoms with Gasteiger partial charge in [0.2, 0.25) is 0 Å². The predicted octanol–water partition coefficient (Wildman–Crippen LogP) is -0.156. The average molecular weight is 121 g/mol. The summed E-state index contributed by atoms with van der Waals surface area (Å²) in [4.78, 5) is 0. The van der Waals surface area contributed by atoms with Crippen LogP contribution in [0, 0.1) is 0 Å². The topological polar surface area (TPSA) is 32.3 Å². The van der Waals surface area contributed by atoms with Gasteiger partial charge < -0.3 is 5.11 Å². The molecule has 0 aromatic carbocycles. The second kappa shape index (κ2) is 4.43. The monoisotopic (exact) mass is 121 g/mol. The van der Waals surface area contributed by atoms with Crippen LogP contribution < -0.4 is 5.32 Å². The summed E-state index contributed by atoms with van der Waals surface area (Å²) in [5.41, 5.74) is 0. The van der Waals surface area contributed by atoms with Gasteiger partial charge >= 0.3 is 0 Å². The summed E-state index contributed by atoms with van der Waals surface area (Å²) in [7, 11) is 0. The molecule has 1 atom stereocenters. The van der Waals surface area contributed by atoms with Gasteiger partial charge in [0.25, 0.3) is 0 Å². The van der Waals surface area contributed by atoms with Crippen molar-refractivity contribution in [3.63, 3.8) is 0 Å². The lowest BCUT2D eigenvalue weighted by atomic mass is 10.6. The van der Waals surface area contributed by atoms with E-state index < -0.39 is 6.23 Å². The van der Waals surface area contributed by atoms with Gasteiger partial charge in [0, 0.05) is 12.3 Å². The van der Waals surface area contributed by atoms with E-state index in [1.54, 1.807) is 6.92 Å². The molecule has 0 saturated carbocycles. The molecule has 0 rings (SSSR count). The number of hydrogen-bond acceptors (Lipinski definition) is 3. The van der Waals surface area contributed by atoms with Crippen molar-refractivity contribution < 1.29 is 5.11 Å². The Morgan fingerprint density at radius 3 is 2.57 bits per heavy atom. The fourth-order valence-electron chi connectivity index (χ4n) is 0.273. The van der Waals surface area contributed by atoms with Crippen LogP contribution in [0.3, 0.4) is 0 Å². The molecule has 1 unspecified atom stereocenters. The van der Waals surface area contributed by atoms with Gasteiger partial charge in [-0.2, -0.15) is 12.6 Å². The number of aliphatic hydroxyl groups excluding tert-OH is 1. The minimum absolute atomic E-state index is 0.396. The van der Waals surface area contributed by atoms with E-state index in [2.05, 4.69) is 17.9 Å². The van der Waals surface area contributed by atoms with Crippen LogP contribution in [-0.2, 0) is 0 Å². The highest BCUT2D eigenvalue weighted by Gasteiger charge is 1.87. The lowest BCUT2D eigenvalue weighted by Gasteiger charge is -2.02. The Labute approximate surface area is 49.3 Å². The minimum atomic E-state index is -0.396. The first kappa shape index (κ1) is 7.27. The maximum Gasteiger partial charge on any atom is 0.102 e. The maximum absolute atomic E-state index is 8.54. The molecule has 0 aromatic heterocycles. The molecular formula is C4H11NOS. The van der Waals surface area contributed by atoms with Gasteiger partial charge in [0.1, 0.15) is 6.23 Å². The summed E-state index contributed by atoms with van der Waals surface area (Å²) >= 11 is 3.92. The number of thiol groups is 1. The van der Waals surface area contributed by atoms with E-state index in [0.717, 1.165) is 12.3 Å². The molecule has 44 valence electrons. The molecule has 0 spiro atoms. The zero-order valence-electron chi connectivity index (χ0n) is 4.39. The Morgan fingerprint density at radius 1 is 1.86 bits per heavy atom. The smallest absolute Gasteiger partial charge is 0.102 e. The van der Waals surface area contributed by atoms with E-state index >= 15 is 0 Å². The summed E-state index contributed by atoms with van der Waals surface area (Å²) in [6.45, 7) is 2.45. The molecular weight excluding hydrogens is 110 g/mol. The number of aliphatic hydroxyl groups is 1. The van der Waals surface area contributed by atoms with E-state index in [1.165, 1.54) is 0 Å². The van der Waals surface area contributed by atoms with Gasteiger partial charge in [0.15, 0.2) is 0 Å². The van der Waals surface area contributed by atoms with Crippen LogP contribution in [0.25, 0.3) is 0 Å². The Morgan fingerprint density at radius 2 is 2.43 bits per heavy atom. The normalized spacial score (nSPS) is 14.1. The highest BCUT2D eigenvalue weighted by atomic mass is 32.1. The van der Waals surface area contributed by atoms with Crippen molar-refractivity contribution in [1.29, 1.82) is 0 Å². The lowest BCUT2D eigenvalue weighted by Crippen LogP contribution is -2.26. The van der Waals surface area contributed by atoms with Gasteiger partial charge in [-0.15, -0.1) is 0 Å². The van der Waals surface area contributed by atoms with E-state index in [0.29, 0.717) is 0 Å². The van der Waals surface area contributed by atoms with Gasteiger partial charge in [-0.1, -0.05) is 0 Å². The Kier molecular flexibility index (Phi) is 4.60. The molecule has 2 N–H and O–H groups in total. The number of hydrogen-bond donors (Lipinski definition) is 3. The zero-order chi connectivity index (χ0) is 5.70. The van der Waals surface area contributed by atoms with Crippen molar-refractivity contribution in [3.8, 4) is 0 Å². The Hall–Kier alpha value is 0.270. The molecule has 3 heteroatoms. The van der Waals surface area contributed by atoms with Crippen LogP contribution in [0.5, 0.6) is 0 Å². The van der Waals surface area contributed by atoms with E-state index in [4.69, 9.17) is 5.11 Å². The molecule has 0 saturated heterocycles. The molecule has 0 amide bonds. The van der Waals surface area contributed by atoms with E-state index in [1.807, 2.05) is 0 Å². The largest absolute Gasteiger partial charge is 0.379 e. The summed E-state index contributed by atoms with van der Waals surface area (Å²) in [6.07, 6.45) is -0.396. The third-order valence-corrected chi connectivity index (χ3v) is 0.775. The van der Waals surface area contributed by atoms with Crippen molar-refractivity contribution in [1.82, 2.24) is 5.32 Å². The third kappa shape index (κ3) is 6.27. The molecule has 2 nitrogen and oxygen atoms in total. The first-order valence-corrected chi connectivity index (χ1v) is 2.93. The summed E-state index contributed by atoms with van der Waals surface area (Å²) < 4.78 is 0. The minimum Gasteiger partial charge on any atom is -0.379 e. The third-order valence-electron chi connectivity index (χ3n) is 0.552. The van der Waals surface area contributed by atoms with Crippen LogP contribution in [0.2, 0.25) is 0 Å². The summed E-state index contributed by atoms with van der Waals surface area (Å²) in [5, 5.41) is 11.3. The molecule has 0 aromatic rings. The predicted molar refractivity (Wildman–Crippen MR) is 33.5 cm³/mol. The summed E-state index contributed by atoms with van der Waals surface area (Å²) in [5.74, 6) is 0.769. The van der Waals surface area contributed by atoms with Crippen molar-refractivity contribution in [3.05, 3.63) is 0 Å². The van der Waals surface area contributed by atoms with Crippen LogP contribution in [0.15, 0.2) is 0 Å². The molecule has 0 aliphatic heterocycles. The van der Waals surface area contributed by atoms with Crippen molar-refractivity contribution in [2.75, 3.05) is 12.3 Å². The molecule has 0 aliphatic carbocycles. The molecule has 7 heavy (non-hydrogen) atoms. The van der Waals surface area contributed by atoms with Crippen LogP contribution in [-0.4, -0.2) is 23.6 Å². The van der Waals surface area contributed by atoms with Crippen molar-refractivity contribution in [2.24, 2.45) is 0 Å². The van der Waals surface area contributed by atoms with Crippen LogP contribution >= 0.6 is 12.6 Å². The standard InChI is InChI=1S/C4H11NOS/c1-4(6)5-2-3-7/h4-7H,2-3H2,1H3. The molecule has 0 fully saturated rings. The second-order valence-corrected chi connectivity index (χ2v) is 1.80. The number of nitrogens with one attached hydrogen (secondary N) is 1. The molecule has 0 heterocycles. The second-order valence-electron chi connectivity index (χ2n) is 1.35. The first-order chi connectivity index (χ1) is 3.27. The lowest BCUT2D eigenvalue weighted by molar-refractivity contribution is 0.160. The van der Waals surface area contributed by atoms with E-state index in [9.17, 15) is 0 Å². The van der Waals surface area contributed by atoms with Gasteiger partial charge in [-0.25, -0.2) is 0 Å². The van der Waals surface area contributed by atoms with Crippen LogP contribution in [0.4, 0.5) is 0 Å². The Bertz CT molecular complexity index is 40.7. The highest BCUT2D eigenvalue weighted by molar-refractivity contribution is 7.80. The first-order valence-electron chi connectivity index (χ1n) is 2.29. The SMILES string of the molecule is CC(O)NCCS. The van der Waals surface area contributed by atoms with Crippen molar-refractivity contribution in [2.45, 2.75) is 13.2 Å². The quantitative estimate of drug-likeness (QED) is 0.358. The van der Waals surface area contributed by atoms with Crippen LogP contribution in [0.1, 0.15) is 6.92 Å². The fraction of sp³-hybridized carbons (Fsp3) is 1.00. The number of rotatable bonds is 3. The Balaban J connectivity index is 2.68. The molecule has 0 radical (unpaired) electrons. The van der Waals surface area contributed by atoms with Crippen molar-refractivity contribution >= 4 is 12.6 Å². The highest BCUT2D eigenvalue weighted by Crippen LogP contribution is 1.71. The average Bonchev–Trinajstić information content (AvgIpc) is 1.61. The molecule has 0 aliphatic rings. The van der Waals surface area contributed by atoms with Gasteiger partial charge in [-0.3, -0.25) is 5.32 Å². The summed E-state index contributed by atoms with van der Waals surface area (Å²) in [6, 6.07) is 0.